The molecule has 0 saturated heterocycles. The Hall–Kier alpha value is -2.01. The molecule has 0 aliphatic carbocycles. The molecule has 5 heteroatoms. The van der Waals surface area contributed by atoms with E-state index in [0.29, 0.717) is 5.56 Å². The highest BCUT2D eigenvalue weighted by atomic mass is 32.2. The number of hydrogen-bond acceptors (Lipinski definition) is 4. The molecular weight excluding hydrogens is 252 g/mol. The number of aryl methyl sites for hydroxylation is 1. The van der Waals surface area contributed by atoms with Gasteiger partial charge >= 0.3 is 0 Å². The molecule has 2 aromatic carbocycles. The van der Waals surface area contributed by atoms with Gasteiger partial charge in [-0.2, -0.15) is 0 Å². The second-order valence-electron chi connectivity index (χ2n) is 3.95. The zero-order valence-corrected chi connectivity index (χ0v) is 10.5. The fourth-order valence-electron chi connectivity index (χ4n) is 1.66. The van der Waals surface area contributed by atoms with E-state index < -0.39 is 21.3 Å². The van der Waals surface area contributed by atoms with Gasteiger partial charge in [-0.05, 0) is 36.8 Å². The Morgan fingerprint density at radius 3 is 2.22 bits per heavy atom. The Balaban J connectivity index is 2.70. The number of rotatable bonds is 2. The summed E-state index contributed by atoms with van der Waals surface area (Å²) in [5.41, 5.74) is 0.555. The van der Waals surface area contributed by atoms with E-state index in [2.05, 4.69) is 0 Å². The molecule has 0 heterocycles. The minimum absolute atomic E-state index is 0.0744. The lowest BCUT2D eigenvalue weighted by molar-refractivity contribution is 0.392. The molecule has 2 N–H and O–H groups in total. The Morgan fingerprint density at radius 2 is 1.61 bits per heavy atom. The molecule has 0 bridgehead atoms. The standard InChI is InChI=1S/C13H12O4S/c1-9-7-11(14)13(15)12(8-9)18(16,17)10-5-3-2-4-6-10/h2-8,14-15H,1H3. The van der Waals surface area contributed by atoms with Gasteiger partial charge < -0.3 is 10.2 Å². The van der Waals surface area contributed by atoms with Gasteiger partial charge in [0.25, 0.3) is 0 Å². The summed E-state index contributed by atoms with van der Waals surface area (Å²) in [6, 6.07) is 10.4. The van der Waals surface area contributed by atoms with Crippen molar-refractivity contribution >= 4 is 9.84 Å². The molecule has 0 radical (unpaired) electrons. The Kier molecular flexibility index (Phi) is 3.00. The summed E-state index contributed by atoms with van der Waals surface area (Å²) in [7, 11) is -3.82. The van der Waals surface area contributed by atoms with Gasteiger partial charge in [0.2, 0.25) is 9.84 Å². The van der Waals surface area contributed by atoms with Crippen LogP contribution in [0, 0.1) is 6.92 Å². The van der Waals surface area contributed by atoms with E-state index >= 15 is 0 Å². The van der Waals surface area contributed by atoms with E-state index in [-0.39, 0.29) is 9.79 Å². The van der Waals surface area contributed by atoms with Crippen LogP contribution in [-0.4, -0.2) is 18.6 Å². The molecule has 0 aromatic heterocycles. The quantitative estimate of drug-likeness (QED) is 0.816. The minimum Gasteiger partial charge on any atom is -0.504 e. The van der Waals surface area contributed by atoms with E-state index in [9.17, 15) is 18.6 Å². The highest BCUT2D eigenvalue weighted by Gasteiger charge is 2.23. The molecule has 0 unspecified atom stereocenters. The number of benzene rings is 2. The lowest BCUT2D eigenvalue weighted by Gasteiger charge is -2.09. The maximum atomic E-state index is 12.3. The molecule has 94 valence electrons. The van der Waals surface area contributed by atoms with Gasteiger partial charge in [0, 0.05) is 0 Å². The largest absolute Gasteiger partial charge is 0.504 e. The van der Waals surface area contributed by atoms with Gasteiger partial charge in [-0.25, -0.2) is 8.42 Å². The molecule has 2 aromatic rings. The van der Waals surface area contributed by atoms with Crippen molar-refractivity contribution in [3.05, 3.63) is 48.0 Å². The number of hydrogen-bond donors (Lipinski definition) is 2. The van der Waals surface area contributed by atoms with Gasteiger partial charge in [0.15, 0.2) is 11.5 Å². The maximum absolute atomic E-state index is 12.3. The van der Waals surface area contributed by atoms with Crippen molar-refractivity contribution in [2.24, 2.45) is 0 Å². The molecule has 0 fully saturated rings. The summed E-state index contributed by atoms with van der Waals surface area (Å²) < 4.78 is 24.6. The highest BCUT2D eigenvalue weighted by molar-refractivity contribution is 7.91. The van der Waals surface area contributed by atoms with Crippen LogP contribution in [0.4, 0.5) is 0 Å². The van der Waals surface area contributed by atoms with Crippen molar-refractivity contribution in [3.63, 3.8) is 0 Å². The van der Waals surface area contributed by atoms with Crippen LogP contribution in [-0.2, 0) is 9.84 Å². The third-order valence-corrected chi connectivity index (χ3v) is 4.33. The van der Waals surface area contributed by atoms with Gasteiger partial charge in [-0.1, -0.05) is 18.2 Å². The second kappa shape index (κ2) is 4.34. The van der Waals surface area contributed by atoms with Crippen LogP contribution < -0.4 is 0 Å². The fraction of sp³-hybridized carbons (Fsp3) is 0.0769. The van der Waals surface area contributed by atoms with Crippen molar-refractivity contribution in [3.8, 4) is 11.5 Å². The molecule has 0 amide bonds. The van der Waals surface area contributed by atoms with Crippen molar-refractivity contribution in [2.45, 2.75) is 16.7 Å². The van der Waals surface area contributed by atoms with E-state index in [1.54, 1.807) is 25.1 Å². The lowest BCUT2D eigenvalue weighted by Crippen LogP contribution is -2.02. The van der Waals surface area contributed by atoms with Crippen molar-refractivity contribution in [1.29, 1.82) is 0 Å². The molecule has 0 aliphatic heterocycles. The molecular formula is C13H12O4S. The van der Waals surface area contributed by atoms with Gasteiger partial charge in [-0.15, -0.1) is 0 Å². The summed E-state index contributed by atoms with van der Waals surface area (Å²) >= 11 is 0. The average Bonchev–Trinajstić information content (AvgIpc) is 2.34. The maximum Gasteiger partial charge on any atom is 0.210 e. The molecule has 0 atom stereocenters. The second-order valence-corrected chi connectivity index (χ2v) is 5.87. The molecule has 0 spiro atoms. The van der Waals surface area contributed by atoms with Crippen LogP contribution in [0.15, 0.2) is 52.3 Å². The van der Waals surface area contributed by atoms with E-state index in [1.807, 2.05) is 0 Å². The number of aromatic hydroxyl groups is 2. The first-order chi connectivity index (χ1) is 8.43. The molecule has 0 saturated carbocycles. The van der Waals surface area contributed by atoms with Crippen LogP contribution in [0.5, 0.6) is 11.5 Å². The predicted molar refractivity (Wildman–Crippen MR) is 66.4 cm³/mol. The lowest BCUT2D eigenvalue weighted by atomic mass is 10.2. The van der Waals surface area contributed by atoms with Crippen molar-refractivity contribution in [1.82, 2.24) is 0 Å². The highest BCUT2D eigenvalue weighted by Crippen LogP contribution is 2.36. The van der Waals surface area contributed by atoms with Crippen LogP contribution in [0.1, 0.15) is 5.56 Å². The van der Waals surface area contributed by atoms with Crippen molar-refractivity contribution in [2.75, 3.05) is 0 Å². The normalized spacial score (nSPS) is 11.4. The summed E-state index contributed by atoms with van der Waals surface area (Å²) in [5.74, 6) is -1.06. The Morgan fingerprint density at radius 1 is 1.00 bits per heavy atom. The predicted octanol–water partition coefficient (Wildman–Crippen LogP) is 2.24. The van der Waals surface area contributed by atoms with Crippen molar-refractivity contribution < 1.29 is 18.6 Å². The Bertz CT molecular complexity index is 676. The summed E-state index contributed by atoms with van der Waals surface area (Å²) in [6.07, 6.45) is 0. The fourth-order valence-corrected chi connectivity index (χ4v) is 3.13. The first kappa shape index (κ1) is 12.4. The number of phenolic OH excluding ortho intramolecular Hbond substituents is 2. The number of sulfone groups is 1. The summed E-state index contributed by atoms with van der Waals surface area (Å²) in [6.45, 7) is 1.64. The third-order valence-electron chi connectivity index (χ3n) is 2.54. The Labute approximate surface area is 105 Å². The zero-order valence-electron chi connectivity index (χ0n) is 9.66. The average molecular weight is 264 g/mol. The van der Waals surface area contributed by atoms with Crippen LogP contribution in [0.3, 0.4) is 0 Å². The summed E-state index contributed by atoms with van der Waals surface area (Å²) in [4.78, 5) is -0.212. The van der Waals surface area contributed by atoms with Crippen LogP contribution >= 0.6 is 0 Å². The van der Waals surface area contributed by atoms with Crippen LogP contribution in [0.25, 0.3) is 0 Å². The smallest absolute Gasteiger partial charge is 0.210 e. The molecule has 2 rings (SSSR count). The molecule has 4 nitrogen and oxygen atoms in total. The summed E-state index contributed by atoms with van der Waals surface area (Å²) in [5, 5.41) is 19.2. The monoisotopic (exact) mass is 264 g/mol. The van der Waals surface area contributed by atoms with E-state index in [1.165, 1.54) is 24.3 Å². The minimum atomic E-state index is -3.82. The third kappa shape index (κ3) is 2.04. The molecule has 18 heavy (non-hydrogen) atoms. The van der Waals surface area contributed by atoms with Gasteiger partial charge in [0.05, 0.1) is 4.90 Å². The van der Waals surface area contributed by atoms with Crippen LogP contribution in [0.2, 0.25) is 0 Å². The van der Waals surface area contributed by atoms with Gasteiger partial charge in [0.1, 0.15) is 4.90 Å². The van der Waals surface area contributed by atoms with E-state index in [0.717, 1.165) is 0 Å². The topological polar surface area (TPSA) is 74.6 Å². The first-order valence-corrected chi connectivity index (χ1v) is 6.74. The zero-order chi connectivity index (χ0) is 13.3. The SMILES string of the molecule is Cc1cc(O)c(O)c(S(=O)(=O)c2ccccc2)c1. The first-order valence-electron chi connectivity index (χ1n) is 5.25. The van der Waals surface area contributed by atoms with Gasteiger partial charge in [-0.3, -0.25) is 0 Å². The molecule has 0 aliphatic rings. The van der Waals surface area contributed by atoms with E-state index in [4.69, 9.17) is 0 Å². The number of phenols is 2.